The zero-order chi connectivity index (χ0) is 21.3. The first kappa shape index (κ1) is 20.4. The van der Waals surface area contributed by atoms with Gasteiger partial charge in [-0.25, -0.2) is 0 Å². The largest absolute Gasteiger partial charge is 0.322 e. The van der Waals surface area contributed by atoms with Crippen molar-refractivity contribution < 1.29 is 9.59 Å². The van der Waals surface area contributed by atoms with E-state index in [-0.39, 0.29) is 11.8 Å². The summed E-state index contributed by atoms with van der Waals surface area (Å²) in [6, 6.07) is 19.7. The molecule has 7 heteroatoms. The number of nitrogens with one attached hydrogen (secondary N) is 2. The molecule has 0 aliphatic heterocycles. The Kier molecular flexibility index (Phi) is 5.77. The molecule has 4 aromatic rings. The van der Waals surface area contributed by atoms with Crippen molar-refractivity contribution in [1.82, 2.24) is 0 Å². The van der Waals surface area contributed by atoms with Gasteiger partial charge in [0, 0.05) is 20.8 Å². The van der Waals surface area contributed by atoms with Crippen molar-refractivity contribution >= 4 is 67.8 Å². The molecule has 0 unspecified atom stereocenters. The van der Waals surface area contributed by atoms with Crippen molar-refractivity contribution in [2.24, 2.45) is 0 Å². The number of halogens is 2. The number of hydrogen-bond acceptors (Lipinski definition) is 3. The van der Waals surface area contributed by atoms with Crippen LogP contribution >= 0.6 is 34.5 Å². The van der Waals surface area contributed by atoms with Crippen LogP contribution in [0.4, 0.5) is 11.4 Å². The Balaban J connectivity index is 1.64. The van der Waals surface area contributed by atoms with Crippen LogP contribution < -0.4 is 10.6 Å². The van der Waals surface area contributed by atoms with E-state index < -0.39 is 0 Å². The lowest BCUT2D eigenvalue weighted by Crippen LogP contribution is -2.18. The van der Waals surface area contributed by atoms with E-state index in [9.17, 15) is 9.59 Å². The van der Waals surface area contributed by atoms with E-state index >= 15 is 0 Å². The number of anilines is 2. The van der Waals surface area contributed by atoms with Crippen LogP contribution in [0.3, 0.4) is 0 Å². The van der Waals surface area contributed by atoms with Gasteiger partial charge in [-0.2, -0.15) is 0 Å². The van der Waals surface area contributed by atoms with Crippen LogP contribution in [0.25, 0.3) is 10.1 Å². The predicted octanol–water partition coefficient (Wildman–Crippen LogP) is 7.02. The van der Waals surface area contributed by atoms with Crippen LogP contribution in [-0.4, -0.2) is 11.8 Å². The third-order valence-electron chi connectivity index (χ3n) is 4.60. The summed E-state index contributed by atoms with van der Waals surface area (Å²) in [4.78, 5) is 26.3. The molecular formula is C23H16Cl2N2O2S. The summed E-state index contributed by atoms with van der Waals surface area (Å²) in [7, 11) is 0. The van der Waals surface area contributed by atoms with Gasteiger partial charge in [0.2, 0.25) is 0 Å². The number of hydrogen-bond donors (Lipinski definition) is 2. The van der Waals surface area contributed by atoms with E-state index in [1.807, 2.05) is 37.3 Å². The Morgan fingerprint density at radius 1 is 0.833 bits per heavy atom. The summed E-state index contributed by atoms with van der Waals surface area (Å²) in [5.74, 6) is -0.685. The Hall–Kier alpha value is -2.86. The first-order chi connectivity index (χ1) is 14.4. The van der Waals surface area contributed by atoms with Gasteiger partial charge in [-0.05, 0) is 48.9 Å². The smallest absolute Gasteiger partial charge is 0.267 e. The normalized spacial score (nSPS) is 10.8. The Labute approximate surface area is 187 Å². The van der Waals surface area contributed by atoms with Crippen molar-refractivity contribution in [1.29, 1.82) is 0 Å². The Morgan fingerprint density at radius 2 is 1.57 bits per heavy atom. The average Bonchev–Trinajstić information content (AvgIpc) is 3.08. The van der Waals surface area contributed by atoms with Crippen LogP contribution in [0.1, 0.15) is 25.6 Å². The summed E-state index contributed by atoms with van der Waals surface area (Å²) in [6.07, 6.45) is 0. The van der Waals surface area contributed by atoms with E-state index in [2.05, 4.69) is 10.6 Å². The number of benzene rings is 3. The lowest BCUT2D eigenvalue weighted by Gasteiger charge is -2.14. The molecule has 0 saturated carbocycles. The summed E-state index contributed by atoms with van der Waals surface area (Å²) in [5.41, 5.74) is 2.18. The average molecular weight is 455 g/mol. The number of amides is 2. The molecule has 4 nitrogen and oxygen atoms in total. The molecule has 2 N–H and O–H groups in total. The van der Waals surface area contributed by atoms with E-state index in [4.69, 9.17) is 23.2 Å². The monoisotopic (exact) mass is 454 g/mol. The van der Waals surface area contributed by atoms with Crippen molar-refractivity contribution in [2.75, 3.05) is 10.6 Å². The zero-order valence-corrected chi connectivity index (χ0v) is 18.2. The molecule has 0 aliphatic rings. The zero-order valence-electron chi connectivity index (χ0n) is 15.8. The van der Waals surface area contributed by atoms with Gasteiger partial charge < -0.3 is 10.6 Å². The maximum Gasteiger partial charge on any atom is 0.267 e. The summed E-state index contributed by atoms with van der Waals surface area (Å²) in [6.45, 7) is 1.83. The number of aryl methyl sites for hydroxylation is 1. The van der Waals surface area contributed by atoms with Crippen LogP contribution in [-0.2, 0) is 0 Å². The molecule has 4 rings (SSSR count). The second-order valence-corrected chi connectivity index (χ2v) is 8.52. The third kappa shape index (κ3) is 4.05. The number of carbonyl (C=O) groups excluding carboxylic acids is 2. The lowest BCUT2D eigenvalue weighted by atomic mass is 10.1. The number of carbonyl (C=O) groups is 2. The molecule has 0 saturated heterocycles. The van der Waals surface area contributed by atoms with Gasteiger partial charge in [0.05, 0.1) is 16.3 Å². The molecule has 0 spiro atoms. The minimum Gasteiger partial charge on any atom is -0.322 e. The minimum atomic E-state index is -0.351. The van der Waals surface area contributed by atoms with Gasteiger partial charge in [0.1, 0.15) is 4.88 Å². The molecule has 0 fully saturated rings. The SMILES string of the molecule is Cc1cccc(C(=O)Nc2ccc(Cl)cc2)c1NC(=O)c1sc2ccccc2c1Cl. The van der Waals surface area contributed by atoms with E-state index in [1.165, 1.54) is 11.3 Å². The van der Waals surface area contributed by atoms with Gasteiger partial charge in [-0.3, -0.25) is 9.59 Å². The van der Waals surface area contributed by atoms with Crippen molar-refractivity contribution in [3.8, 4) is 0 Å². The lowest BCUT2D eigenvalue weighted by molar-refractivity contribution is 0.102. The Morgan fingerprint density at radius 3 is 2.30 bits per heavy atom. The molecule has 3 aromatic carbocycles. The molecule has 0 aliphatic carbocycles. The fourth-order valence-corrected chi connectivity index (χ4v) is 4.62. The molecule has 0 atom stereocenters. The van der Waals surface area contributed by atoms with E-state index in [0.717, 1.165) is 15.6 Å². The summed E-state index contributed by atoms with van der Waals surface area (Å²) < 4.78 is 0.929. The molecule has 2 amide bonds. The number of para-hydroxylation sites is 1. The molecular weight excluding hydrogens is 439 g/mol. The standard InChI is InChI=1S/C23H16Cl2N2O2S/c1-13-5-4-7-17(22(28)26-15-11-9-14(24)10-12-15)20(13)27-23(29)21-19(25)16-6-2-3-8-18(16)30-21/h2-12H,1H3,(H,26,28)(H,27,29). The quantitative estimate of drug-likeness (QED) is 0.347. The van der Waals surface area contributed by atoms with Crippen molar-refractivity contribution in [3.05, 3.63) is 92.8 Å². The number of rotatable bonds is 4. The maximum atomic E-state index is 13.0. The Bertz CT molecular complexity index is 1270. The van der Waals surface area contributed by atoms with Crippen molar-refractivity contribution in [3.63, 3.8) is 0 Å². The van der Waals surface area contributed by atoms with Crippen LogP contribution in [0.5, 0.6) is 0 Å². The first-order valence-electron chi connectivity index (χ1n) is 9.09. The first-order valence-corrected chi connectivity index (χ1v) is 10.7. The maximum absolute atomic E-state index is 13.0. The third-order valence-corrected chi connectivity index (χ3v) is 6.53. The second kappa shape index (κ2) is 8.48. The predicted molar refractivity (Wildman–Crippen MR) is 125 cm³/mol. The van der Waals surface area contributed by atoms with E-state index in [0.29, 0.717) is 31.9 Å². The van der Waals surface area contributed by atoms with Crippen LogP contribution in [0, 0.1) is 6.92 Å². The minimum absolute atomic E-state index is 0.334. The van der Waals surface area contributed by atoms with Gasteiger partial charge in [0.25, 0.3) is 11.8 Å². The second-order valence-electron chi connectivity index (χ2n) is 6.65. The fourth-order valence-electron chi connectivity index (χ4n) is 3.08. The van der Waals surface area contributed by atoms with Crippen LogP contribution in [0.15, 0.2) is 66.7 Å². The molecule has 150 valence electrons. The van der Waals surface area contributed by atoms with Gasteiger partial charge in [0.15, 0.2) is 0 Å². The van der Waals surface area contributed by atoms with Crippen molar-refractivity contribution in [2.45, 2.75) is 6.92 Å². The highest BCUT2D eigenvalue weighted by Gasteiger charge is 2.21. The summed E-state index contributed by atoms with van der Waals surface area (Å²) >= 11 is 13.7. The summed E-state index contributed by atoms with van der Waals surface area (Å²) in [5, 5.41) is 7.53. The molecule has 30 heavy (non-hydrogen) atoms. The molecule has 0 radical (unpaired) electrons. The highest BCUT2D eigenvalue weighted by molar-refractivity contribution is 7.21. The fraction of sp³-hybridized carbons (Fsp3) is 0.0435. The molecule has 1 heterocycles. The molecule has 1 aromatic heterocycles. The highest BCUT2D eigenvalue weighted by atomic mass is 35.5. The number of fused-ring (bicyclic) bond motifs is 1. The number of thiophene rings is 1. The highest BCUT2D eigenvalue weighted by Crippen LogP contribution is 2.36. The van der Waals surface area contributed by atoms with Gasteiger partial charge >= 0.3 is 0 Å². The van der Waals surface area contributed by atoms with Crippen LogP contribution in [0.2, 0.25) is 10.0 Å². The van der Waals surface area contributed by atoms with Gasteiger partial charge in [-0.1, -0.05) is 53.5 Å². The molecule has 0 bridgehead atoms. The van der Waals surface area contributed by atoms with Gasteiger partial charge in [-0.15, -0.1) is 11.3 Å². The van der Waals surface area contributed by atoms with E-state index in [1.54, 1.807) is 36.4 Å². The topological polar surface area (TPSA) is 58.2 Å².